The summed E-state index contributed by atoms with van der Waals surface area (Å²) in [7, 11) is 0. The fourth-order valence-corrected chi connectivity index (χ4v) is 2.34. The summed E-state index contributed by atoms with van der Waals surface area (Å²) in [5, 5.41) is 9.52. The second-order valence-electron chi connectivity index (χ2n) is 3.96. The van der Waals surface area contributed by atoms with E-state index < -0.39 is 0 Å². The number of imidazole rings is 1. The zero-order valence-electron chi connectivity index (χ0n) is 14.0. The lowest BCUT2D eigenvalue weighted by Crippen LogP contribution is -2.37. The van der Waals surface area contributed by atoms with Gasteiger partial charge in [0.15, 0.2) is 11.0 Å². The van der Waals surface area contributed by atoms with Gasteiger partial charge in [0.25, 0.3) is 5.82 Å². The van der Waals surface area contributed by atoms with Gasteiger partial charge >= 0.3 is 0 Å². The summed E-state index contributed by atoms with van der Waals surface area (Å²) in [5.41, 5.74) is 2.43. The van der Waals surface area contributed by atoms with Crippen molar-refractivity contribution in [1.82, 2.24) is 4.57 Å². The van der Waals surface area contributed by atoms with Crippen molar-refractivity contribution in [1.29, 1.82) is 0 Å². The predicted molar refractivity (Wildman–Crippen MR) is 86.7 cm³/mol. The number of para-hydroxylation sites is 2. The van der Waals surface area contributed by atoms with Crippen LogP contribution in [0.15, 0.2) is 24.3 Å². The zero-order valence-corrected chi connectivity index (χ0v) is 14.0. The highest BCUT2D eigenvalue weighted by molar-refractivity contribution is 5.72. The van der Waals surface area contributed by atoms with Crippen molar-refractivity contribution in [2.75, 3.05) is 0 Å². The number of nitrogens with zero attached hydrogens (tertiary/aromatic N) is 2. The van der Waals surface area contributed by atoms with Crippen molar-refractivity contribution < 1.29 is 9.67 Å². The molecule has 2 aromatic rings. The number of hydrogen-bond acceptors (Lipinski definition) is 1. The second-order valence-corrected chi connectivity index (χ2v) is 3.96. The molecule has 114 valence electrons. The van der Waals surface area contributed by atoms with Gasteiger partial charge in [-0.05, 0) is 25.5 Å². The highest BCUT2D eigenvalue weighted by Gasteiger charge is 2.21. The Morgan fingerprint density at radius 1 is 1.05 bits per heavy atom. The molecule has 2 rings (SSSR count). The number of aliphatic hydroxyl groups excluding tert-OH is 1. The van der Waals surface area contributed by atoms with Crippen molar-refractivity contribution >= 4 is 11.0 Å². The Labute approximate surface area is 123 Å². The molecular weight excluding hydrogens is 248 g/mol. The number of aliphatic hydroxyl groups is 1. The molecule has 1 N–H and O–H groups in total. The average Bonchev–Trinajstić information content (AvgIpc) is 2.85. The number of benzene rings is 1. The second kappa shape index (κ2) is 10.4. The molecular formula is C17H31N2O+. The SMILES string of the molecule is CC.CC.CCC[n+]1c(CO)n(CC)c2ccccc21. The molecule has 20 heavy (non-hydrogen) atoms. The van der Waals surface area contributed by atoms with E-state index in [0.29, 0.717) is 0 Å². The quantitative estimate of drug-likeness (QED) is 0.845. The van der Waals surface area contributed by atoms with Crippen LogP contribution < -0.4 is 4.57 Å². The lowest BCUT2D eigenvalue weighted by atomic mass is 10.3. The topological polar surface area (TPSA) is 29.0 Å². The van der Waals surface area contributed by atoms with Crippen LogP contribution in [0.25, 0.3) is 11.0 Å². The van der Waals surface area contributed by atoms with Crippen LogP contribution >= 0.6 is 0 Å². The van der Waals surface area contributed by atoms with Gasteiger partial charge in [0.2, 0.25) is 0 Å². The molecule has 0 aliphatic rings. The number of aryl methyl sites for hydroxylation is 2. The monoisotopic (exact) mass is 279 g/mol. The highest BCUT2D eigenvalue weighted by atomic mass is 16.3. The molecule has 0 unspecified atom stereocenters. The molecule has 0 fully saturated rings. The van der Waals surface area contributed by atoms with Crippen molar-refractivity contribution in [3.63, 3.8) is 0 Å². The Kier molecular flexibility index (Phi) is 9.73. The average molecular weight is 279 g/mol. The minimum atomic E-state index is 0.0997. The molecule has 0 bridgehead atoms. The third kappa shape index (κ3) is 3.83. The molecule has 1 aromatic heterocycles. The molecule has 0 atom stereocenters. The summed E-state index contributed by atoms with van der Waals surface area (Å²) >= 11 is 0. The maximum Gasteiger partial charge on any atom is 0.283 e. The summed E-state index contributed by atoms with van der Waals surface area (Å²) < 4.78 is 4.41. The van der Waals surface area contributed by atoms with Gasteiger partial charge in [-0.25, -0.2) is 9.13 Å². The standard InChI is InChI=1S/C13H19N2O.2C2H6/c1-3-9-15-12-8-6-5-7-11(12)14(4-2)13(15)10-16;2*1-2/h5-8,16H,3-4,9-10H2,1-2H3;2*1-2H3/q+1;;. The molecule has 0 aliphatic carbocycles. The number of rotatable bonds is 4. The predicted octanol–water partition coefficient (Wildman–Crippen LogP) is 3.90. The lowest BCUT2D eigenvalue weighted by molar-refractivity contribution is -0.681. The van der Waals surface area contributed by atoms with Gasteiger partial charge in [-0.3, -0.25) is 0 Å². The van der Waals surface area contributed by atoms with Crippen molar-refractivity contribution in [2.45, 2.75) is 67.7 Å². The minimum Gasteiger partial charge on any atom is -0.384 e. The third-order valence-corrected chi connectivity index (χ3v) is 2.99. The number of hydrogen-bond donors (Lipinski definition) is 1. The van der Waals surface area contributed by atoms with Gasteiger partial charge in [0.1, 0.15) is 6.61 Å². The maximum absolute atomic E-state index is 9.52. The van der Waals surface area contributed by atoms with Gasteiger partial charge in [-0.1, -0.05) is 46.8 Å². The van der Waals surface area contributed by atoms with Crippen LogP contribution in [0.5, 0.6) is 0 Å². The highest BCUT2D eigenvalue weighted by Crippen LogP contribution is 2.14. The summed E-state index contributed by atoms with van der Waals surface area (Å²) in [6.45, 7) is 14.2. The fraction of sp³-hybridized carbons (Fsp3) is 0.588. The largest absolute Gasteiger partial charge is 0.384 e. The molecule has 1 heterocycles. The first-order valence-electron chi connectivity index (χ1n) is 7.94. The Hall–Kier alpha value is -1.35. The van der Waals surface area contributed by atoms with Crippen LogP contribution in [-0.4, -0.2) is 9.67 Å². The summed E-state index contributed by atoms with van der Waals surface area (Å²) in [6, 6.07) is 8.34. The molecule has 0 saturated carbocycles. The van der Waals surface area contributed by atoms with Gasteiger partial charge < -0.3 is 5.11 Å². The lowest BCUT2D eigenvalue weighted by Gasteiger charge is -1.99. The van der Waals surface area contributed by atoms with E-state index in [4.69, 9.17) is 0 Å². The van der Waals surface area contributed by atoms with Crippen LogP contribution in [0.4, 0.5) is 0 Å². The van der Waals surface area contributed by atoms with Crippen LogP contribution in [0, 0.1) is 0 Å². The van der Waals surface area contributed by atoms with Gasteiger partial charge in [0, 0.05) is 0 Å². The zero-order chi connectivity index (χ0) is 15.5. The Morgan fingerprint density at radius 3 is 2.15 bits per heavy atom. The van der Waals surface area contributed by atoms with E-state index in [9.17, 15) is 5.11 Å². The van der Waals surface area contributed by atoms with Crippen molar-refractivity contribution in [3.8, 4) is 0 Å². The number of fused-ring (bicyclic) bond motifs is 1. The molecule has 0 saturated heterocycles. The molecule has 1 aromatic carbocycles. The molecule has 3 nitrogen and oxygen atoms in total. The van der Waals surface area contributed by atoms with Crippen LogP contribution in [0.1, 0.15) is 53.8 Å². The van der Waals surface area contributed by atoms with E-state index in [-0.39, 0.29) is 6.61 Å². The van der Waals surface area contributed by atoms with E-state index in [1.807, 2.05) is 33.8 Å². The van der Waals surface area contributed by atoms with E-state index in [0.717, 1.165) is 25.3 Å². The first kappa shape index (κ1) is 18.7. The van der Waals surface area contributed by atoms with Crippen molar-refractivity contribution in [3.05, 3.63) is 30.1 Å². The van der Waals surface area contributed by atoms with E-state index in [2.05, 4.69) is 41.2 Å². The third-order valence-electron chi connectivity index (χ3n) is 2.99. The Morgan fingerprint density at radius 2 is 1.65 bits per heavy atom. The van der Waals surface area contributed by atoms with Crippen LogP contribution in [0.3, 0.4) is 0 Å². The van der Waals surface area contributed by atoms with Crippen molar-refractivity contribution in [2.24, 2.45) is 0 Å². The summed E-state index contributed by atoms with van der Waals surface area (Å²) in [6.07, 6.45) is 1.08. The van der Waals surface area contributed by atoms with Crippen LogP contribution in [0.2, 0.25) is 0 Å². The van der Waals surface area contributed by atoms with Gasteiger partial charge in [0.05, 0.1) is 13.1 Å². The molecule has 0 spiro atoms. The Balaban J connectivity index is 0.000000829. The minimum absolute atomic E-state index is 0.0997. The normalized spacial score (nSPS) is 9.55. The van der Waals surface area contributed by atoms with E-state index in [1.54, 1.807) is 0 Å². The fourth-order valence-electron chi connectivity index (χ4n) is 2.34. The van der Waals surface area contributed by atoms with Gasteiger partial charge in [-0.15, -0.1) is 0 Å². The first-order valence-corrected chi connectivity index (χ1v) is 7.94. The van der Waals surface area contributed by atoms with Gasteiger partial charge in [-0.2, -0.15) is 0 Å². The van der Waals surface area contributed by atoms with Crippen LogP contribution in [-0.2, 0) is 19.7 Å². The number of aromatic nitrogens is 2. The molecule has 3 heteroatoms. The molecule has 0 amide bonds. The van der Waals surface area contributed by atoms with E-state index >= 15 is 0 Å². The summed E-state index contributed by atoms with van der Waals surface area (Å²) in [5.74, 6) is 1.01. The maximum atomic E-state index is 9.52. The molecule has 0 aliphatic heterocycles. The summed E-state index contributed by atoms with van der Waals surface area (Å²) in [4.78, 5) is 0. The first-order chi connectivity index (χ1) is 9.83. The molecule has 0 radical (unpaired) electrons. The van der Waals surface area contributed by atoms with E-state index in [1.165, 1.54) is 11.0 Å². The smallest absolute Gasteiger partial charge is 0.283 e. The Bertz CT molecular complexity index is 489.